The van der Waals surface area contributed by atoms with Crippen molar-refractivity contribution in [3.8, 4) is 11.5 Å². The topological polar surface area (TPSA) is 97.3 Å². The Morgan fingerprint density at radius 1 is 0.925 bits per heavy atom. The second-order valence-corrected chi connectivity index (χ2v) is 11.2. The SMILES string of the molecule is COc1cc(/C=N\NC(=O)c2ccc(N(Cc3ccccc3)S(C)(=O)=O)cc2)ccc1OCc1cccc(Cl)c1. The summed E-state index contributed by atoms with van der Waals surface area (Å²) in [5.74, 6) is 0.628. The number of sulfonamides is 1. The summed E-state index contributed by atoms with van der Waals surface area (Å²) < 4.78 is 37.4. The molecule has 0 fully saturated rings. The first-order valence-corrected chi connectivity index (χ1v) is 14.5. The van der Waals surface area contributed by atoms with Gasteiger partial charge in [-0.05, 0) is 71.3 Å². The molecule has 0 bridgehead atoms. The van der Waals surface area contributed by atoms with Gasteiger partial charge < -0.3 is 9.47 Å². The van der Waals surface area contributed by atoms with E-state index in [0.29, 0.717) is 39.9 Å². The number of rotatable bonds is 11. The molecule has 0 aromatic heterocycles. The fourth-order valence-corrected chi connectivity index (χ4v) is 4.93. The number of methoxy groups -OCH3 is 1. The van der Waals surface area contributed by atoms with Crippen LogP contribution >= 0.6 is 11.6 Å². The van der Waals surface area contributed by atoms with Crippen molar-refractivity contribution in [2.45, 2.75) is 13.2 Å². The lowest BCUT2D eigenvalue weighted by atomic mass is 10.2. The number of nitrogens with one attached hydrogen (secondary N) is 1. The molecular formula is C30H28ClN3O5S. The maximum Gasteiger partial charge on any atom is 0.271 e. The van der Waals surface area contributed by atoms with E-state index in [4.69, 9.17) is 21.1 Å². The van der Waals surface area contributed by atoms with Crippen LogP contribution in [0.4, 0.5) is 5.69 Å². The Hall–Kier alpha value is -4.34. The minimum absolute atomic E-state index is 0.184. The van der Waals surface area contributed by atoms with Gasteiger partial charge in [-0.2, -0.15) is 5.10 Å². The smallest absolute Gasteiger partial charge is 0.271 e. The highest BCUT2D eigenvalue weighted by atomic mass is 35.5. The number of halogens is 1. The largest absolute Gasteiger partial charge is 0.493 e. The highest BCUT2D eigenvalue weighted by Gasteiger charge is 2.18. The van der Waals surface area contributed by atoms with Gasteiger partial charge in [-0.25, -0.2) is 13.8 Å². The average molecular weight is 578 g/mol. The maximum atomic E-state index is 12.6. The van der Waals surface area contributed by atoms with Crippen molar-refractivity contribution in [1.29, 1.82) is 0 Å². The van der Waals surface area contributed by atoms with Crippen molar-refractivity contribution in [3.63, 3.8) is 0 Å². The molecule has 0 spiro atoms. The summed E-state index contributed by atoms with van der Waals surface area (Å²) in [6.07, 6.45) is 2.64. The van der Waals surface area contributed by atoms with Crippen molar-refractivity contribution >= 4 is 39.4 Å². The number of amides is 1. The number of nitrogens with zero attached hydrogens (tertiary/aromatic N) is 2. The zero-order valence-corrected chi connectivity index (χ0v) is 23.5. The molecular weight excluding hydrogens is 550 g/mol. The normalized spacial score (nSPS) is 11.3. The van der Waals surface area contributed by atoms with Gasteiger partial charge in [0.15, 0.2) is 11.5 Å². The lowest BCUT2D eigenvalue weighted by Crippen LogP contribution is -2.29. The molecule has 0 heterocycles. The fraction of sp³-hybridized carbons (Fsp3) is 0.133. The van der Waals surface area contributed by atoms with Gasteiger partial charge >= 0.3 is 0 Å². The highest BCUT2D eigenvalue weighted by Crippen LogP contribution is 2.28. The summed E-state index contributed by atoms with van der Waals surface area (Å²) in [6.45, 7) is 0.511. The third-order valence-electron chi connectivity index (χ3n) is 5.84. The predicted octanol–water partition coefficient (Wildman–Crippen LogP) is 5.66. The highest BCUT2D eigenvalue weighted by molar-refractivity contribution is 7.92. The average Bonchev–Trinajstić information content (AvgIpc) is 2.95. The van der Waals surface area contributed by atoms with Crippen molar-refractivity contribution in [1.82, 2.24) is 5.43 Å². The predicted molar refractivity (Wildman–Crippen MR) is 158 cm³/mol. The first-order valence-electron chi connectivity index (χ1n) is 12.2. The zero-order valence-electron chi connectivity index (χ0n) is 22.0. The van der Waals surface area contributed by atoms with Crippen LogP contribution < -0.4 is 19.2 Å². The second kappa shape index (κ2) is 13.1. The molecule has 4 aromatic carbocycles. The van der Waals surface area contributed by atoms with E-state index in [1.165, 1.54) is 10.5 Å². The Bertz CT molecular complexity index is 1590. The molecule has 0 saturated heterocycles. The third kappa shape index (κ3) is 7.84. The summed E-state index contributed by atoms with van der Waals surface area (Å²) in [5.41, 5.74) is 5.73. The van der Waals surface area contributed by atoms with Gasteiger partial charge in [0, 0.05) is 10.6 Å². The van der Waals surface area contributed by atoms with Crippen LogP contribution in [0.1, 0.15) is 27.0 Å². The molecule has 0 saturated carbocycles. The van der Waals surface area contributed by atoms with Crippen molar-refractivity contribution in [2.75, 3.05) is 17.7 Å². The summed E-state index contributed by atoms with van der Waals surface area (Å²) >= 11 is 6.03. The fourth-order valence-electron chi connectivity index (χ4n) is 3.83. The molecule has 40 heavy (non-hydrogen) atoms. The molecule has 0 radical (unpaired) electrons. The first kappa shape index (κ1) is 28.7. The monoisotopic (exact) mass is 577 g/mol. The number of carbonyl (C=O) groups is 1. The summed E-state index contributed by atoms with van der Waals surface area (Å²) in [4.78, 5) is 12.6. The molecule has 0 unspecified atom stereocenters. The molecule has 4 aromatic rings. The van der Waals surface area contributed by atoms with Crippen LogP contribution in [0, 0.1) is 0 Å². The van der Waals surface area contributed by atoms with Gasteiger partial charge in [-0.15, -0.1) is 0 Å². The molecule has 8 nitrogen and oxygen atoms in total. The number of ether oxygens (including phenoxy) is 2. The minimum Gasteiger partial charge on any atom is -0.493 e. The number of benzene rings is 4. The van der Waals surface area contributed by atoms with Crippen LogP contribution in [0.15, 0.2) is 102 Å². The molecule has 206 valence electrons. The summed E-state index contributed by atoms with van der Waals surface area (Å²) in [6, 6.07) is 28.3. The van der Waals surface area contributed by atoms with Crippen molar-refractivity contribution < 1.29 is 22.7 Å². The summed E-state index contributed by atoms with van der Waals surface area (Å²) in [5, 5.41) is 4.67. The number of anilines is 1. The molecule has 0 aliphatic heterocycles. The second-order valence-electron chi connectivity index (χ2n) is 8.83. The Balaban J connectivity index is 1.38. The number of hydrazone groups is 1. The Labute approximate surface area is 238 Å². The summed E-state index contributed by atoms with van der Waals surface area (Å²) in [7, 11) is -2.00. The van der Waals surface area contributed by atoms with Gasteiger partial charge in [0.2, 0.25) is 10.0 Å². The zero-order chi connectivity index (χ0) is 28.5. The van der Waals surface area contributed by atoms with Crippen LogP contribution in [0.25, 0.3) is 0 Å². The van der Waals surface area contributed by atoms with Crippen molar-refractivity contribution in [3.05, 3.63) is 124 Å². The van der Waals surface area contributed by atoms with E-state index in [1.54, 1.807) is 55.6 Å². The lowest BCUT2D eigenvalue weighted by molar-refractivity contribution is 0.0955. The van der Waals surface area contributed by atoms with Crippen LogP contribution in [0.3, 0.4) is 0 Å². The molecule has 1 amide bonds. The lowest BCUT2D eigenvalue weighted by Gasteiger charge is -2.22. The first-order chi connectivity index (χ1) is 19.2. The van der Waals surface area contributed by atoms with Crippen molar-refractivity contribution in [2.24, 2.45) is 5.10 Å². The van der Waals surface area contributed by atoms with Crippen LogP contribution in [0.5, 0.6) is 11.5 Å². The Morgan fingerprint density at radius 2 is 1.65 bits per heavy atom. The Kier molecular flexibility index (Phi) is 9.42. The molecule has 1 N–H and O–H groups in total. The van der Waals surface area contributed by atoms with Gasteiger partial charge in [-0.1, -0.05) is 54.1 Å². The van der Waals surface area contributed by atoms with E-state index < -0.39 is 15.9 Å². The standard InChI is InChI=1S/C30H28ClN3O5S/c1-38-29-18-23(11-16-28(29)39-21-24-9-6-10-26(31)17-24)19-32-33-30(35)25-12-14-27(15-13-25)34(40(2,36)37)20-22-7-4-3-5-8-22/h3-19H,20-21H2,1-2H3,(H,33,35)/b32-19-. The van der Waals surface area contributed by atoms with E-state index in [2.05, 4.69) is 10.5 Å². The molecule has 0 atom stereocenters. The minimum atomic E-state index is -3.54. The van der Waals surface area contributed by atoms with E-state index in [9.17, 15) is 13.2 Å². The molecule has 4 rings (SSSR count). The van der Waals surface area contributed by atoms with E-state index in [-0.39, 0.29) is 6.54 Å². The molecule has 0 aliphatic rings. The van der Waals surface area contributed by atoms with Crippen LogP contribution in [-0.4, -0.2) is 33.9 Å². The number of hydrogen-bond acceptors (Lipinski definition) is 6. The van der Waals surface area contributed by atoms with Gasteiger partial charge in [0.25, 0.3) is 5.91 Å². The van der Waals surface area contributed by atoms with Crippen LogP contribution in [0.2, 0.25) is 5.02 Å². The third-order valence-corrected chi connectivity index (χ3v) is 7.21. The van der Waals surface area contributed by atoms with Gasteiger partial charge in [-0.3, -0.25) is 9.10 Å². The molecule has 0 aliphatic carbocycles. The van der Waals surface area contributed by atoms with Gasteiger partial charge in [0.1, 0.15) is 6.61 Å². The van der Waals surface area contributed by atoms with E-state index >= 15 is 0 Å². The van der Waals surface area contributed by atoms with E-state index in [1.807, 2.05) is 48.5 Å². The molecule has 10 heteroatoms. The van der Waals surface area contributed by atoms with Gasteiger partial charge in [0.05, 0.1) is 31.8 Å². The van der Waals surface area contributed by atoms with Crippen LogP contribution in [-0.2, 0) is 23.2 Å². The maximum absolute atomic E-state index is 12.6. The Morgan fingerprint density at radius 3 is 2.33 bits per heavy atom. The number of hydrogen-bond donors (Lipinski definition) is 1. The van der Waals surface area contributed by atoms with E-state index in [0.717, 1.165) is 17.4 Å². The number of carbonyl (C=O) groups excluding carboxylic acids is 1. The quantitative estimate of drug-likeness (QED) is 0.183.